The maximum Gasteiger partial charge on any atom is 0.242 e. The third-order valence-electron chi connectivity index (χ3n) is 4.48. The summed E-state index contributed by atoms with van der Waals surface area (Å²) < 4.78 is 14.3. The third-order valence-corrected chi connectivity index (χ3v) is 4.81. The summed E-state index contributed by atoms with van der Waals surface area (Å²) in [6, 6.07) is 3.94. The molecule has 1 aromatic carbocycles. The van der Waals surface area contributed by atoms with Crippen molar-refractivity contribution in [3.8, 4) is 0 Å². The predicted molar refractivity (Wildman–Crippen MR) is 91.6 cm³/mol. The fourth-order valence-corrected chi connectivity index (χ4v) is 3.67. The van der Waals surface area contributed by atoms with Gasteiger partial charge in [-0.2, -0.15) is 0 Å². The zero-order chi connectivity index (χ0) is 15.5. The minimum absolute atomic E-state index is 0. The number of carbonyl (C=O) groups is 1. The lowest BCUT2D eigenvalue weighted by Crippen LogP contribution is -2.52. The van der Waals surface area contributed by atoms with Crippen LogP contribution in [0.1, 0.15) is 24.4 Å². The smallest absolute Gasteiger partial charge is 0.242 e. The van der Waals surface area contributed by atoms with Crippen LogP contribution in [-0.4, -0.2) is 43.5 Å². The van der Waals surface area contributed by atoms with Gasteiger partial charge in [0.25, 0.3) is 0 Å². The quantitative estimate of drug-likeness (QED) is 0.868. The van der Waals surface area contributed by atoms with Gasteiger partial charge in [-0.05, 0) is 44.0 Å². The van der Waals surface area contributed by atoms with Gasteiger partial charge in [0.1, 0.15) is 11.9 Å². The van der Waals surface area contributed by atoms with E-state index >= 15 is 0 Å². The number of piperazine rings is 1. The number of nitrogens with zero attached hydrogens (tertiary/aromatic N) is 1. The van der Waals surface area contributed by atoms with Crippen molar-refractivity contribution in [2.24, 2.45) is 5.92 Å². The fourth-order valence-electron chi connectivity index (χ4n) is 3.41. The standard InChI is InChI=1S/C16H21ClFN3O.ClH/c17-12-4-1-5-13(18)14(12)15-16(22)20-7-8-21(15)10-11-3-2-6-19-9-11;/h1,4-5,11,15,19H,2-3,6-10H2,(H,20,22);1H. The highest BCUT2D eigenvalue weighted by Crippen LogP contribution is 2.32. The van der Waals surface area contributed by atoms with Crippen molar-refractivity contribution in [1.82, 2.24) is 15.5 Å². The summed E-state index contributed by atoms with van der Waals surface area (Å²) in [4.78, 5) is 14.4. The van der Waals surface area contributed by atoms with Crippen molar-refractivity contribution in [1.29, 1.82) is 0 Å². The number of benzene rings is 1. The molecule has 2 aliphatic rings. The Labute approximate surface area is 147 Å². The van der Waals surface area contributed by atoms with Crippen LogP contribution in [0.25, 0.3) is 0 Å². The maximum absolute atomic E-state index is 14.3. The highest BCUT2D eigenvalue weighted by atomic mass is 35.5. The van der Waals surface area contributed by atoms with E-state index in [4.69, 9.17) is 11.6 Å². The van der Waals surface area contributed by atoms with Gasteiger partial charge in [0.05, 0.1) is 0 Å². The first-order valence-electron chi connectivity index (χ1n) is 7.83. The van der Waals surface area contributed by atoms with Crippen molar-refractivity contribution in [3.05, 3.63) is 34.6 Å². The van der Waals surface area contributed by atoms with E-state index in [0.29, 0.717) is 23.0 Å². The molecule has 0 spiro atoms. The number of nitrogens with one attached hydrogen (secondary N) is 2. The van der Waals surface area contributed by atoms with Crippen LogP contribution in [0.5, 0.6) is 0 Å². The molecule has 2 atom stereocenters. The molecule has 0 bridgehead atoms. The lowest BCUT2D eigenvalue weighted by molar-refractivity contribution is -0.129. The van der Waals surface area contributed by atoms with Crippen LogP contribution < -0.4 is 10.6 Å². The lowest BCUT2D eigenvalue weighted by atomic mass is 9.95. The van der Waals surface area contributed by atoms with Crippen molar-refractivity contribution in [2.45, 2.75) is 18.9 Å². The van der Waals surface area contributed by atoms with Gasteiger partial charge in [-0.3, -0.25) is 9.69 Å². The van der Waals surface area contributed by atoms with E-state index in [1.54, 1.807) is 12.1 Å². The summed E-state index contributed by atoms with van der Waals surface area (Å²) in [5.41, 5.74) is 0.296. The van der Waals surface area contributed by atoms with Gasteiger partial charge < -0.3 is 10.6 Å². The summed E-state index contributed by atoms with van der Waals surface area (Å²) in [6.45, 7) is 4.12. The number of carbonyl (C=O) groups excluding carboxylic acids is 1. The number of halogens is 3. The Morgan fingerprint density at radius 1 is 1.35 bits per heavy atom. The summed E-state index contributed by atoms with van der Waals surface area (Å²) in [5.74, 6) is -0.0870. The number of piperidine rings is 1. The summed E-state index contributed by atoms with van der Waals surface area (Å²) in [6.07, 6.45) is 2.29. The fraction of sp³-hybridized carbons (Fsp3) is 0.562. The minimum atomic E-state index is -0.635. The van der Waals surface area contributed by atoms with Crippen LogP contribution in [0.4, 0.5) is 4.39 Å². The molecule has 0 radical (unpaired) electrons. The number of hydrogen-bond donors (Lipinski definition) is 2. The summed E-state index contributed by atoms with van der Waals surface area (Å²) in [5, 5.41) is 6.53. The Hall–Kier alpha value is -0.880. The van der Waals surface area contributed by atoms with Crippen molar-refractivity contribution in [2.75, 3.05) is 32.7 Å². The molecule has 2 heterocycles. The van der Waals surface area contributed by atoms with Crippen LogP contribution in [-0.2, 0) is 4.79 Å². The third kappa shape index (κ3) is 4.15. The van der Waals surface area contributed by atoms with Crippen LogP contribution in [0.3, 0.4) is 0 Å². The molecule has 2 saturated heterocycles. The van der Waals surface area contributed by atoms with E-state index in [2.05, 4.69) is 15.5 Å². The Balaban J connectivity index is 0.00000192. The van der Waals surface area contributed by atoms with Gasteiger partial charge >= 0.3 is 0 Å². The van der Waals surface area contributed by atoms with E-state index in [0.717, 1.165) is 39.0 Å². The molecular formula is C16H22Cl2FN3O. The van der Waals surface area contributed by atoms with Gasteiger partial charge in [0.15, 0.2) is 0 Å². The molecule has 0 aromatic heterocycles. The molecule has 1 amide bonds. The Morgan fingerprint density at radius 2 is 2.17 bits per heavy atom. The average Bonchev–Trinajstić information content (AvgIpc) is 2.50. The molecule has 7 heteroatoms. The molecule has 128 valence electrons. The Morgan fingerprint density at radius 3 is 2.87 bits per heavy atom. The Kier molecular flexibility index (Phi) is 6.65. The van der Waals surface area contributed by atoms with E-state index in [1.165, 1.54) is 6.07 Å². The normalized spacial score (nSPS) is 25.6. The predicted octanol–water partition coefficient (Wildman–Crippen LogP) is 2.37. The van der Waals surface area contributed by atoms with Gasteiger partial charge in [0, 0.05) is 30.2 Å². The Bertz CT molecular complexity index is 532. The van der Waals surface area contributed by atoms with E-state index in [9.17, 15) is 9.18 Å². The van der Waals surface area contributed by atoms with Crippen molar-refractivity contribution < 1.29 is 9.18 Å². The second kappa shape index (κ2) is 8.29. The summed E-state index contributed by atoms with van der Waals surface area (Å²) >= 11 is 6.18. The van der Waals surface area contributed by atoms with Crippen LogP contribution in [0.2, 0.25) is 5.02 Å². The molecule has 23 heavy (non-hydrogen) atoms. The number of hydrogen-bond acceptors (Lipinski definition) is 3. The van der Waals surface area contributed by atoms with Gasteiger partial charge in [-0.25, -0.2) is 4.39 Å². The second-order valence-corrected chi connectivity index (χ2v) is 6.44. The first-order valence-corrected chi connectivity index (χ1v) is 8.21. The first kappa shape index (κ1) is 18.5. The van der Waals surface area contributed by atoms with Gasteiger partial charge in [-0.1, -0.05) is 17.7 Å². The highest BCUT2D eigenvalue weighted by molar-refractivity contribution is 6.31. The molecule has 2 aliphatic heterocycles. The number of amides is 1. The SMILES string of the molecule is Cl.O=C1NCCN(CC2CCCNC2)C1c1c(F)cccc1Cl. The minimum Gasteiger partial charge on any atom is -0.353 e. The second-order valence-electron chi connectivity index (χ2n) is 6.04. The topological polar surface area (TPSA) is 44.4 Å². The molecule has 0 aliphatic carbocycles. The van der Waals surface area contributed by atoms with Crippen molar-refractivity contribution in [3.63, 3.8) is 0 Å². The lowest BCUT2D eigenvalue weighted by Gasteiger charge is -2.38. The van der Waals surface area contributed by atoms with Gasteiger partial charge in [-0.15, -0.1) is 12.4 Å². The molecule has 2 unspecified atom stereocenters. The number of rotatable bonds is 3. The molecule has 1 aromatic rings. The zero-order valence-electron chi connectivity index (χ0n) is 12.9. The van der Waals surface area contributed by atoms with E-state index in [-0.39, 0.29) is 18.3 Å². The monoisotopic (exact) mass is 361 g/mol. The maximum atomic E-state index is 14.3. The molecule has 0 saturated carbocycles. The molecule has 2 fully saturated rings. The van der Waals surface area contributed by atoms with E-state index in [1.807, 2.05) is 0 Å². The summed E-state index contributed by atoms with van der Waals surface area (Å²) in [7, 11) is 0. The largest absolute Gasteiger partial charge is 0.353 e. The molecule has 2 N–H and O–H groups in total. The highest BCUT2D eigenvalue weighted by Gasteiger charge is 2.35. The first-order chi connectivity index (χ1) is 10.7. The van der Waals surface area contributed by atoms with Crippen LogP contribution in [0.15, 0.2) is 18.2 Å². The van der Waals surface area contributed by atoms with E-state index < -0.39 is 11.9 Å². The van der Waals surface area contributed by atoms with Crippen LogP contribution >= 0.6 is 24.0 Å². The molecule has 4 nitrogen and oxygen atoms in total. The zero-order valence-corrected chi connectivity index (χ0v) is 14.4. The average molecular weight is 362 g/mol. The molecule has 3 rings (SSSR count). The van der Waals surface area contributed by atoms with Gasteiger partial charge in [0.2, 0.25) is 5.91 Å². The van der Waals surface area contributed by atoms with Crippen molar-refractivity contribution >= 4 is 29.9 Å². The molecular weight excluding hydrogens is 340 g/mol. The van der Waals surface area contributed by atoms with Crippen LogP contribution in [0, 0.1) is 11.7 Å².